The molecule has 2 aromatic carbocycles. The van der Waals surface area contributed by atoms with Crippen LogP contribution in [0.5, 0.6) is 5.75 Å². The first-order valence-corrected chi connectivity index (χ1v) is 10.6. The quantitative estimate of drug-likeness (QED) is 0.559. The van der Waals surface area contributed by atoms with Crippen LogP contribution in [0.25, 0.3) is 0 Å². The number of benzene rings is 2. The van der Waals surface area contributed by atoms with Crippen LogP contribution in [-0.2, 0) is 5.41 Å². The highest BCUT2D eigenvalue weighted by molar-refractivity contribution is 5.39. The molecule has 0 fully saturated rings. The standard InChI is InChI=1S/C15H16O.C10H23NO/c1-15(2,12-6-4-3-5-7-12)13-8-10-14(16)11-9-13;1-3-5-7-11(9-10-12)8-6-4-2/h3-11,16H,1-2H3;12H,3-10H2,1-2H3. The average molecular weight is 386 g/mol. The molecule has 3 nitrogen and oxygen atoms in total. The molecule has 3 heteroatoms. The number of phenols is 1. The molecule has 2 aromatic rings. The molecule has 0 aromatic heterocycles. The molecule has 2 rings (SSSR count). The van der Waals surface area contributed by atoms with Crippen molar-refractivity contribution < 1.29 is 10.2 Å². The van der Waals surface area contributed by atoms with Crippen LogP contribution in [0.1, 0.15) is 64.5 Å². The van der Waals surface area contributed by atoms with Gasteiger partial charge in [0.2, 0.25) is 0 Å². The number of rotatable bonds is 10. The monoisotopic (exact) mass is 385 g/mol. The predicted molar refractivity (Wildman–Crippen MR) is 120 cm³/mol. The van der Waals surface area contributed by atoms with Crippen molar-refractivity contribution in [2.24, 2.45) is 0 Å². The lowest BCUT2D eigenvalue weighted by Crippen LogP contribution is -2.28. The first-order chi connectivity index (χ1) is 13.5. The van der Waals surface area contributed by atoms with Crippen LogP contribution in [0.3, 0.4) is 0 Å². The van der Waals surface area contributed by atoms with Gasteiger partial charge >= 0.3 is 0 Å². The number of hydrogen-bond acceptors (Lipinski definition) is 3. The Bertz CT molecular complexity index is 615. The molecular formula is C25H39NO2. The van der Waals surface area contributed by atoms with Gasteiger partial charge < -0.3 is 15.1 Å². The normalized spacial score (nSPS) is 11.2. The number of hydrogen-bond donors (Lipinski definition) is 2. The molecule has 0 aliphatic carbocycles. The maximum atomic E-state index is 9.29. The predicted octanol–water partition coefficient (Wildman–Crippen LogP) is 5.60. The number of aliphatic hydroxyl groups is 1. The molecule has 2 N–H and O–H groups in total. The second-order valence-corrected chi connectivity index (χ2v) is 7.81. The zero-order chi connectivity index (χ0) is 20.8. The van der Waals surface area contributed by atoms with Crippen molar-refractivity contribution in [1.29, 1.82) is 0 Å². The molecule has 0 atom stereocenters. The molecule has 28 heavy (non-hydrogen) atoms. The molecule has 0 bridgehead atoms. The van der Waals surface area contributed by atoms with Crippen molar-refractivity contribution in [3.8, 4) is 5.75 Å². The summed E-state index contributed by atoms with van der Waals surface area (Å²) in [5.41, 5.74) is 2.45. The number of phenolic OH excluding ortho intramolecular Hbond substituents is 1. The van der Waals surface area contributed by atoms with E-state index in [0.29, 0.717) is 12.4 Å². The lowest BCUT2D eigenvalue weighted by Gasteiger charge is -2.26. The van der Waals surface area contributed by atoms with E-state index >= 15 is 0 Å². The van der Waals surface area contributed by atoms with Crippen LogP contribution in [0.4, 0.5) is 0 Å². The number of nitrogens with zero attached hydrogens (tertiary/aromatic N) is 1. The van der Waals surface area contributed by atoms with Gasteiger partial charge in [-0.15, -0.1) is 0 Å². The molecule has 156 valence electrons. The molecule has 0 saturated carbocycles. The van der Waals surface area contributed by atoms with E-state index in [1.165, 1.54) is 36.8 Å². The number of aromatic hydroxyl groups is 1. The van der Waals surface area contributed by atoms with Crippen molar-refractivity contribution >= 4 is 0 Å². The van der Waals surface area contributed by atoms with Crippen LogP contribution < -0.4 is 0 Å². The zero-order valence-electron chi connectivity index (χ0n) is 18.2. The minimum Gasteiger partial charge on any atom is -0.508 e. The van der Waals surface area contributed by atoms with Gasteiger partial charge in [0.05, 0.1) is 6.61 Å². The van der Waals surface area contributed by atoms with Crippen LogP contribution in [0.15, 0.2) is 54.6 Å². The van der Waals surface area contributed by atoms with E-state index in [1.807, 2.05) is 18.2 Å². The fourth-order valence-corrected chi connectivity index (χ4v) is 3.14. The maximum absolute atomic E-state index is 9.29. The van der Waals surface area contributed by atoms with Gasteiger partial charge in [-0.3, -0.25) is 0 Å². The first-order valence-electron chi connectivity index (χ1n) is 10.6. The third-order valence-electron chi connectivity index (χ3n) is 5.16. The van der Waals surface area contributed by atoms with E-state index in [4.69, 9.17) is 5.11 Å². The van der Waals surface area contributed by atoms with Gasteiger partial charge in [-0.25, -0.2) is 0 Å². The highest BCUT2D eigenvalue weighted by Gasteiger charge is 2.22. The topological polar surface area (TPSA) is 43.7 Å². The third-order valence-corrected chi connectivity index (χ3v) is 5.16. The molecule has 0 radical (unpaired) electrons. The first kappa shape index (κ1) is 24.2. The Labute approximate surface area is 172 Å². The van der Waals surface area contributed by atoms with Gasteiger partial charge in [-0.05, 0) is 49.2 Å². The molecule has 0 heterocycles. The highest BCUT2D eigenvalue weighted by atomic mass is 16.3. The van der Waals surface area contributed by atoms with Crippen molar-refractivity contribution in [2.45, 2.75) is 58.8 Å². The Morgan fingerprint density at radius 3 is 1.71 bits per heavy atom. The summed E-state index contributed by atoms with van der Waals surface area (Å²) in [4.78, 5) is 2.35. The van der Waals surface area contributed by atoms with E-state index in [-0.39, 0.29) is 5.41 Å². The zero-order valence-corrected chi connectivity index (χ0v) is 18.2. The van der Waals surface area contributed by atoms with Gasteiger partial charge in [0, 0.05) is 12.0 Å². The fourth-order valence-electron chi connectivity index (χ4n) is 3.14. The summed E-state index contributed by atoms with van der Waals surface area (Å²) in [6, 6.07) is 17.8. The summed E-state index contributed by atoms with van der Waals surface area (Å²) >= 11 is 0. The molecule has 0 spiro atoms. The summed E-state index contributed by atoms with van der Waals surface area (Å²) in [6.45, 7) is 12.2. The smallest absolute Gasteiger partial charge is 0.115 e. The maximum Gasteiger partial charge on any atom is 0.115 e. The lowest BCUT2D eigenvalue weighted by atomic mass is 9.78. The molecule has 0 amide bonds. The van der Waals surface area contributed by atoms with Gasteiger partial charge in [0.15, 0.2) is 0 Å². The van der Waals surface area contributed by atoms with E-state index in [0.717, 1.165) is 19.6 Å². The number of unbranched alkanes of at least 4 members (excludes halogenated alkanes) is 2. The molecule has 0 aliphatic heterocycles. The van der Waals surface area contributed by atoms with E-state index in [9.17, 15) is 5.11 Å². The Morgan fingerprint density at radius 1 is 0.750 bits per heavy atom. The Balaban J connectivity index is 0.000000295. The summed E-state index contributed by atoms with van der Waals surface area (Å²) in [7, 11) is 0. The third kappa shape index (κ3) is 8.45. The molecular weight excluding hydrogens is 346 g/mol. The van der Waals surface area contributed by atoms with Crippen molar-refractivity contribution in [3.05, 3.63) is 65.7 Å². The fraction of sp³-hybridized carbons (Fsp3) is 0.520. The highest BCUT2D eigenvalue weighted by Crippen LogP contribution is 2.31. The lowest BCUT2D eigenvalue weighted by molar-refractivity contribution is 0.192. The van der Waals surface area contributed by atoms with E-state index in [1.54, 1.807) is 12.1 Å². The van der Waals surface area contributed by atoms with Crippen molar-refractivity contribution in [2.75, 3.05) is 26.2 Å². The minimum atomic E-state index is -0.0328. The SMILES string of the molecule is CC(C)(c1ccccc1)c1ccc(O)cc1.CCCCN(CCO)CCCC. The largest absolute Gasteiger partial charge is 0.508 e. The summed E-state index contributed by atoms with van der Waals surface area (Å²) in [5.74, 6) is 0.313. The van der Waals surface area contributed by atoms with Gasteiger partial charge in [0.25, 0.3) is 0 Å². The van der Waals surface area contributed by atoms with Crippen molar-refractivity contribution in [3.63, 3.8) is 0 Å². The van der Waals surface area contributed by atoms with Crippen LogP contribution >= 0.6 is 0 Å². The molecule has 0 unspecified atom stereocenters. The Hall–Kier alpha value is -1.84. The van der Waals surface area contributed by atoms with E-state index < -0.39 is 0 Å². The second-order valence-electron chi connectivity index (χ2n) is 7.81. The Morgan fingerprint density at radius 2 is 1.25 bits per heavy atom. The Kier molecular flexibility index (Phi) is 11.5. The van der Waals surface area contributed by atoms with E-state index in [2.05, 4.69) is 56.9 Å². The number of aliphatic hydroxyl groups excluding tert-OH is 1. The summed E-state index contributed by atoms with van der Waals surface area (Å²) in [6.07, 6.45) is 5.00. The van der Waals surface area contributed by atoms with Gasteiger partial charge in [-0.2, -0.15) is 0 Å². The minimum absolute atomic E-state index is 0.0328. The van der Waals surface area contributed by atoms with Gasteiger partial charge in [-0.1, -0.05) is 83.0 Å². The summed E-state index contributed by atoms with van der Waals surface area (Å²) < 4.78 is 0. The molecule has 0 saturated heterocycles. The second kappa shape index (κ2) is 13.4. The van der Waals surface area contributed by atoms with Crippen LogP contribution in [0, 0.1) is 0 Å². The molecule has 0 aliphatic rings. The average Bonchev–Trinajstić information content (AvgIpc) is 2.71. The van der Waals surface area contributed by atoms with Crippen molar-refractivity contribution in [1.82, 2.24) is 4.90 Å². The van der Waals surface area contributed by atoms with Crippen LogP contribution in [-0.4, -0.2) is 41.4 Å². The van der Waals surface area contributed by atoms with Gasteiger partial charge in [0.1, 0.15) is 5.75 Å². The van der Waals surface area contributed by atoms with Crippen LogP contribution in [0.2, 0.25) is 0 Å². The summed E-state index contributed by atoms with van der Waals surface area (Å²) in [5, 5.41) is 18.1.